The Morgan fingerprint density at radius 3 is 2.86 bits per heavy atom. The summed E-state index contributed by atoms with van der Waals surface area (Å²) in [5.74, 6) is 0.345. The van der Waals surface area contributed by atoms with Crippen LogP contribution in [0.3, 0.4) is 0 Å². The minimum absolute atomic E-state index is 0.0650. The van der Waals surface area contributed by atoms with Crippen molar-refractivity contribution in [1.82, 2.24) is 4.90 Å². The second-order valence-corrected chi connectivity index (χ2v) is 7.49. The molecule has 1 heterocycles. The van der Waals surface area contributed by atoms with Crippen LogP contribution in [0.25, 0.3) is 0 Å². The molecule has 3 N–H and O–H groups in total. The van der Waals surface area contributed by atoms with E-state index in [1.54, 1.807) is 36.1 Å². The first-order chi connectivity index (χ1) is 10.4. The molecule has 1 amide bonds. The predicted molar refractivity (Wildman–Crippen MR) is 87.2 cm³/mol. The van der Waals surface area contributed by atoms with E-state index >= 15 is 0 Å². The summed E-state index contributed by atoms with van der Waals surface area (Å²) in [7, 11) is -3.35. The fourth-order valence-electron chi connectivity index (χ4n) is 2.61. The first kappa shape index (κ1) is 16.8. The number of anilines is 1. The topological polar surface area (TPSA) is 92.5 Å². The summed E-state index contributed by atoms with van der Waals surface area (Å²) >= 11 is 0. The minimum atomic E-state index is -3.35. The first-order valence-corrected chi connectivity index (χ1v) is 9.20. The molecule has 0 aromatic heterocycles. The minimum Gasteiger partial charge on any atom is -0.338 e. The van der Waals surface area contributed by atoms with E-state index in [0.29, 0.717) is 43.2 Å². The summed E-state index contributed by atoms with van der Waals surface area (Å²) < 4.78 is 26.1. The van der Waals surface area contributed by atoms with Gasteiger partial charge in [-0.25, -0.2) is 8.42 Å². The van der Waals surface area contributed by atoms with Gasteiger partial charge in [-0.15, -0.1) is 0 Å². The highest BCUT2D eigenvalue weighted by atomic mass is 32.2. The number of carbonyl (C=O) groups is 1. The van der Waals surface area contributed by atoms with E-state index in [1.165, 1.54) is 0 Å². The molecule has 0 bridgehead atoms. The van der Waals surface area contributed by atoms with Crippen molar-refractivity contribution in [2.45, 2.75) is 19.8 Å². The summed E-state index contributed by atoms with van der Waals surface area (Å²) in [5.41, 5.74) is 6.56. The monoisotopic (exact) mass is 325 g/mol. The molecule has 1 saturated heterocycles. The molecular formula is C15H23N3O3S. The van der Waals surface area contributed by atoms with E-state index < -0.39 is 10.0 Å². The van der Waals surface area contributed by atoms with Crippen LogP contribution >= 0.6 is 0 Å². The fraction of sp³-hybridized carbons (Fsp3) is 0.533. The molecule has 22 heavy (non-hydrogen) atoms. The molecule has 7 heteroatoms. The number of nitrogens with two attached hydrogens (primary N) is 1. The standard InChI is InChI=1S/C15H23N3O3S/c1-2-8-22(20,21)17-14-5-3-4-13(9-14)15(19)18-7-6-12(10-16)11-18/h3-5,9,12,17H,2,6-8,10-11,16H2,1H3. The van der Waals surface area contributed by atoms with E-state index in [2.05, 4.69) is 4.72 Å². The molecule has 1 atom stereocenters. The Kier molecular flexibility index (Phi) is 5.42. The van der Waals surface area contributed by atoms with Crippen molar-refractivity contribution in [3.05, 3.63) is 29.8 Å². The van der Waals surface area contributed by atoms with Gasteiger partial charge in [-0.05, 0) is 43.5 Å². The molecule has 1 unspecified atom stereocenters. The van der Waals surface area contributed by atoms with E-state index in [9.17, 15) is 13.2 Å². The number of nitrogens with zero attached hydrogens (tertiary/aromatic N) is 1. The average Bonchev–Trinajstić information content (AvgIpc) is 2.95. The lowest BCUT2D eigenvalue weighted by molar-refractivity contribution is 0.0787. The highest BCUT2D eigenvalue weighted by molar-refractivity contribution is 7.92. The van der Waals surface area contributed by atoms with Crippen LogP contribution in [0.15, 0.2) is 24.3 Å². The van der Waals surface area contributed by atoms with Gasteiger partial charge >= 0.3 is 0 Å². The largest absolute Gasteiger partial charge is 0.338 e. The lowest BCUT2D eigenvalue weighted by atomic mass is 10.1. The zero-order valence-corrected chi connectivity index (χ0v) is 13.6. The van der Waals surface area contributed by atoms with Gasteiger partial charge in [0.25, 0.3) is 5.91 Å². The molecule has 1 aromatic carbocycles. The van der Waals surface area contributed by atoms with Crippen molar-refractivity contribution < 1.29 is 13.2 Å². The third kappa shape index (κ3) is 4.20. The number of sulfonamides is 1. The maximum atomic E-state index is 12.5. The Hall–Kier alpha value is -1.60. The molecule has 1 aromatic rings. The Morgan fingerprint density at radius 2 is 2.23 bits per heavy atom. The molecule has 1 aliphatic heterocycles. The average molecular weight is 325 g/mol. The Morgan fingerprint density at radius 1 is 1.45 bits per heavy atom. The van der Waals surface area contributed by atoms with E-state index in [-0.39, 0.29) is 11.7 Å². The number of hydrogen-bond acceptors (Lipinski definition) is 4. The second kappa shape index (κ2) is 7.11. The number of amides is 1. The number of likely N-dealkylation sites (tertiary alicyclic amines) is 1. The summed E-state index contributed by atoms with van der Waals surface area (Å²) in [5, 5.41) is 0. The lowest BCUT2D eigenvalue weighted by Crippen LogP contribution is -2.30. The predicted octanol–water partition coefficient (Wildman–Crippen LogP) is 1.26. The normalized spacial score (nSPS) is 18.5. The van der Waals surface area contributed by atoms with Crippen LogP contribution in [0.5, 0.6) is 0 Å². The van der Waals surface area contributed by atoms with Crippen molar-refractivity contribution in [2.24, 2.45) is 11.7 Å². The molecule has 1 aliphatic rings. The zero-order valence-electron chi connectivity index (χ0n) is 12.8. The maximum absolute atomic E-state index is 12.5. The van der Waals surface area contributed by atoms with Gasteiger partial charge in [0.15, 0.2) is 0 Å². The van der Waals surface area contributed by atoms with Crippen molar-refractivity contribution >= 4 is 21.6 Å². The van der Waals surface area contributed by atoms with Crippen molar-refractivity contribution in [1.29, 1.82) is 0 Å². The van der Waals surface area contributed by atoms with Crippen molar-refractivity contribution in [3.63, 3.8) is 0 Å². The smallest absolute Gasteiger partial charge is 0.253 e. The highest BCUT2D eigenvalue weighted by Crippen LogP contribution is 2.20. The van der Waals surface area contributed by atoms with Gasteiger partial charge in [0.05, 0.1) is 5.75 Å². The number of rotatable bonds is 6. The van der Waals surface area contributed by atoms with Crippen molar-refractivity contribution in [2.75, 3.05) is 30.1 Å². The summed E-state index contributed by atoms with van der Waals surface area (Å²) in [6.45, 7) is 3.76. The highest BCUT2D eigenvalue weighted by Gasteiger charge is 2.26. The van der Waals surface area contributed by atoms with E-state index in [0.717, 1.165) is 6.42 Å². The second-order valence-electron chi connectivity index (χ2n) is 5.64. The number of carbonyl (C=O) groups excluding carboxylic acids is 1. The zero-order chi connectivity index (χ0) is 16.2. The Labute approximate surface area is 131 Å². The van der Waals surface area contributed by atoms with Crippen LogP contribution in [0.2, 0.25) is 0 Å². The van der Waals surface area contributed by atoms with Crippen LogP contribution in [0.4, 0.5) is 5.69 Å². The summed E-state index contributed by atoms with van der Waals surface area (Å²) in [4.78, 5) is 14.2. The van der Waals surface area contributed by atoms with Crippen molar-refractivity contribution in [3.8, 4) is 0 Å². The fourth-order valence-corrected chi connectivity index (χ4v) is 3.73. The van der Waals surface area contributed by atoms with Gasteiger partial charge in [0, 0.05) is 24.3 Å². The molecular weight excluding hydrogens is 302 g/mol. The van der Waals surface area contributed by atoms with Gasteiger partial charge in [0.1, 0.15) is 0 Å². The Bertz CT molecular complexity index is 631. The third-order valence-electron chi connectivity index (χ3n) is 3.76. The van der Waals surface area contributed by atoms with Gasteiger partial charge in [-0.2, -0.15) is 0 Å². The first-order valence-electron chi connectivity index (χ1n) is 7.55. The van der Waals surface area contributed by atoms with Gasteiger partial charge < -0.3 is 10.6 Å². The molecule has 6 nitrogen and oxygen atoms in total. The van der Waals surface area contributed by atoms with Gasteiger partial charge in [-0.1, -0.05) is 13.0 Å². The van der Waals surface area contributed by atoms with Crippen LogP contribution in [0.1, 0.15) is 30.1 Å². The maximum Gasteiger partial charge on any atom is 0.253 e. The van der Waals surface area contributed by atoms with Gasteiger partial charge in [0.2, 0.25) is 10.0 Å². The molecule has 1 fully saturated rings. The molecule has 0 saturated carbocycles. The molecule has 122 valence electrons. The van der Waals surface area contributed by atoms with E-state index in [1.807, 2.05) is 0 Å². The lowest BCUT2D eigenvalue weighted by Gasteiger charge is -2.17. The van der Waals surface area contributed by atoms with Crippen LogP contribution in [0, 0.1) is 5.92 Å². The Balaban J connectivity index is 2.10. The molecule has 0 spiro atoms. The number of hydrogen-bond donors (Lipinski definition) is 2. The third-order valence-corrected chi connectivity index (χ3v) is 5.25. The quantitative estimate of drug-likeness (QED) is 0.823. The molecule has 0 radical (unpaired) electrons. The molecule has 0 aliphatic carbocycles. The van der Waals surface area contributed by atoms with Crippen LogP contribution in [-0.2, 0) is 10.0 Å². The molecule has 2 rings (SSSR count). The van der Waals surface area contributed by atoms with Crippen LogP contribution in [-0.4, -0.2) is 44.6 Å². The number of nitrogens with one attached hydrogen (secondary N) is 1. The van der Waals surface area contributed by atoms with Crippen LogP contribution < -0.4 is 10.5 Å². The van der Waals surface area contributed by atoms with E-state index in [4.69, 9.17) is 5.73 Å². The van der Waals surface area contributed by atoms with Gasteiger partial charge in [-0.3, -0.25) is 9.52 Å². The SMILES string of the molecule is CCCS(=O)(=O)Nc1cccc(C(=O)N2CCC(CN)C2)c1. The summed E-state index contributed by atoms with van der Waals surface area (Å²) in [6, 6.07) is 6.63. The summed E-state index contributed by atoms with van der Waals surface area (Å²) in [6.07, 6.45) is 1.47. The number of benzene rings is 1.